The van der Waals surface area contributed by atoms with E-state index in [9.17, 15) is 4.79 Å². The topological polar surface area (TPSA) is 58.4 Å². The number of amides is 2. The lowest BCUT2D eigenvalue weighted by molar-refractivity contribution is 0.217. The molecule has 5 nitrogen and oxygen atoms in total. The predicted octanol–water partition coefficient (Wildman–Crippen LogP) is 2.56. The van der Waals surface area contributed by atoms with Crippen molar-refractivity contribution >= 4 is 11.7 Å². The minimum atomic E-state index is -0.0648. The van der Waals surface area contributed by atoms with Crippen LogP contribution in [0.5, 0.6) is 0 Å². The molecule has 1 aliphatic heterocycles. The Morgan fingerprint density at radius 3 is 2.65 bits per heavy atom. The lowest BCUT2D eigenvalue weighted by atomic mass is 9.93. The third kappa shape index (κ3) is 2.43. The van der Waals surface area contributed by atoms with Crippen molar-refractivity contribution in [3.8, 4) is 0 Å². The zero-order chi connectivity index (χ0) is 12.6. The van der Waals surface area contributed by atoms with E-state index in [2.05, 4.69) is 24.3 Å². The van der Waals surface area contributed by atoms with E-state index in [1.165, 1.54) is 0 Å². The molecule has 1 fully saturated rings. The number of anilines is 1. The number of hydrogen-bond acceptors (Lipinski definition) is 3. The lowest BCUT2D eigenvalue weighted by Crippen LogP contribution is -2.34. The molecule has 1 saturated heterocycles. The van der Waals surface area contributed by atoms with Crippen LogP contribution in [-0.4, -0.2) is 29.2 Å². The van der Waals surface area contributed by atoms with Gasteiger partial charge in [-0.2, -0.15) is 0 Å². The van der Waals surface area contributed by atoms with Crippen molar-refractivity contribution in [2.75, 3.05) is 18.4 Å². The molecule has 0 radical (unpaired) electrons. The lowest BCUT2D eigenvalue weighted by Gasteiger charge is -2.20. The van der Waals surface area contributed by atoms with Gasteiger partial charge in [-0.25, -0.2) is 4.79 Å². The Labute approximate surface area is 101 Å². The normalized spacial score (nSPS) is 18.5. The summed E-state index contributed by atoms with van der Waals surface area (Å²) in [5.41, 5.74) is 1.63. The molecule has 0 saturated carbocycles. The largest absolute Gasteiger partial charge is 0.359 e. The molecule has 2 amide bonds. The third-order valence-electron chi connectivity index (χ3n) is 3.23. The molecule has 0 bridgehead atoms. The zero-order valence-electron chi connectivity index (χ0n) is 10.8. The van der Waals surface area contributed by atoms with Gasteiger partial charge in [-0.05, 0) is 25.7 Å². The van der Waals surface area contributed by atoms with Gasteiger partial charge in [-0.3, -0.25) is 0 Å². The Kier molecular flexibility index (Phi) is 2.85. The fraction of sp³-hybridized carbons (Fsp3) is 0.667. The van der Waals surface area contributed by atoms with Gasteiger partial charge in [-0.1, -0.05) is 19.0 Å². The second kappa shape index (κ2) is 4.05. The molecule has 0 unspecified atom stereocenters. The first-order valence-electron chi connectivity index (χ1n) is 5.88. The van der Waals surface area contributed by atoms with Crippen molar-refractivity contribution in [1.29, 1.82) is 0 Å². The molecule has 94 valence electrons. The number of likely N-dealkylation sites (tertiary alicyclic amines) is 1. The summed E-state index contributed by atoms with van der Waals surface area (Å²) in [7, 11) is 0. The van der Waals surface area contributed by atoms with E-state index in [0.717, 1.165) is 19.5 Å². The highest BCUT2D eigenvalue weighted by atomic mass is 16.5. The Morgan fingerprint density at radius 1 is 1.47 bits per heavy atom. The molecule has 2 rings (SSSR count). The van der Waals surface area contributed by atoms with Crippen LogP contribution < -0.4 is 5.32 Å². The smallest absolute Gasteiger partial charge is 0.322 e. The molecule has 1 aliphatic rings. The molecule has 2 heterocycles. The average Bonchev–Trinajstić information content (AvgIpc) is 2.75. The molecule has 0 spiro atoms. The molecule has 1 aromatic heterocycles. The van der Waals surface area contributed by atoms with Gasteiger partial charge >= 0.3 is 6.03 Å². The summed E-state index contributed by atoms with van der Waals surface area (Å²) in [5.74, 6) is 0.648. The number of nitrogens with one attached hydrogen (secondary N) is 1. The fourth-order valence-corrected chi connectivity index (χ4v) is 2.13. The van der Waals surface area contributed by atoms with Gasteiger partial charge in [0.1, 0.15) is 11.4 Å². The number of carbonyl (C=O) groups excluding carboxylic acids is 1. The molecule has 5 heteroatoms. The summed E-state index contributed by atoms with van der Waals surface area (Å²) < 4.78 is 5.02. The number of carbonyl (C=O) groups is 1. The highest BCUT2D eigenvalue weighted by molar-refractivity contribution is 5.90. The van der Waals surface area contributed by atoms with Gasteiger partial charge in [0.25, 0.3) is 0 Å². The van der Waals surface area contributed by atoms with E-state index in [0.29, 0.717) is 17.1 Å². The number of rotatable bonds is 1. The minimum absolute atomic E-state index is 0.0648. The van der Waals surface area contributed by atoms with Crippen LogP contribution >= 0.6 is 0 Å². The Balaban J connectivity index is 2.03. The van der Waals surface area contributed by atoms with Gasteiger partial charge in [0.05, 0.1) is 0 Å². The predicted molar refractivity (Wildman–Crippen MR) is 65.0 cm³/mol. The maximum atomic E-state index is 12.1. The summed E-state index contributed by atoms with van der Waals surface area (Å²) in [4.78, 5) is 13.9. The van der Waals surface area contributed by atoms with Crippen molar-refractivity contribution in [3.05, 3.63) is 11.5 Å². The number of aromatic nitrogens is 1. The van der Waals surface area contributed by atoms with Gasteiger partial charge in [0.15, 0.2) is 5.76 Å². The van der Waals surface area contributed by atoms with Gasteiger partial charge in [0, 0.05) is 13.1 Å². The molecular formula is C12H19N3O2. The monoisotopic (exact) mass is 237 g/mol. The minimum Gasteiger partial charge on any atom is -0.359 e. The Hall–Kier alpha value is -1.52. The maximum Gasteiger partial charge on any atom is 0.322 e. The maximum absolute atomic E-state index is 12.1. The van der Waals surface area contributed by atoms with Crippen LogP contribution in [0, 0.1) is 19.3 Å². The summed E-state index contributed by atoms with van der Waals surface area (Å²) in [5, 5.41) is 6.69. The molecule has 1 N–H and O–H groups in total. The zero-order valence-corrected chi connectivity index (χ0v) is 10.8. The quantitative estimate of drug-likeness (QED) is 0.816. The van der Waals surface area contributed by atoms with Crippen LogP contribution in [0.2, 0.25) is 0 Å². The molecule has 17 heavy (non-hydrogen) atoms. The third-order valence-corrected chi connectivity index (χ3v) is 3.23. The van der Waals surface area contributed by atoms with Gasteiger partial charge in [0.2, 0.25) is 0 Å². The van der Waals surface area contributed by atoms with Crippen LogP contribution in [0.4, 0.5) is 10.5 Å². The van der Waals surface area contributed by atoms with Crippen LogP contribution in [0.25, 0.3) is 0 Å². The number of nitrogens with zero attached hydrogens (tertiary/aromatic N) is 2. The molecular weight excluding hydrogens is 218 g/mol. The summed E-state index contributed by atoms with van der Waals surface area (Å²) in [6.45, 7) is 9.57. The number of urea groups is 1. The van der Waals surface area contributed by atoms with E-state index >= 15 is 0 Å². The summed E-state index contributed by atoms with van der Waals surface area (Å²) in [6, 6.07) is -0.0648. The van der Waals surface area contributed by atoms with Crippen LogP contribution in [0.1, 0.15) is 31.7 Å². The van der Waals surface area contributed by atoms with Crippen molar-refractivity contribution in [1.82, 2.24) is 10.1 Å². The molecule has 0 aromatic carbocycles. The number of aryl methyl sites for hydroxylation is 2. The van der Waals surface area contributed by atoms with Gasteiger partial charge in [-0.15, -0.1) is 0 Å². The van der Waals surface area contributed by atoms with Crippen molar-refractivity contribution < 1.29 is 9.32 Å². The van der Waals surface area contributed by atoms with E-state index in [-0.39, 0.29) is 11.4 Å². The molecule has 1 aromatic rings. The Morgan fingerprint density at radius 2 is 2.18 bits per heavy atom. The number of hydrogen-bond donors (Lipinski definition) is 1. The second-order valence-corrected chi connectivity index (χ2v) is 5.47. The van der Waals surface area contributed by atoms with E-state index in [1.807, 2.05) is 11.8 Å². The van der Waals surface area contributed by atoms with E-state index in [1.54, 1.807) is 6.92 Å². The summed E-state index contributed by atoms with van der Waals surface area (Å²) >= 11 is 0. The highest BCUT2D eigenvalue weighted by Gasteiger charge is 2.32. The molecule has 0 aliphatic carbocycles. The highest BCUT2D eigenvalue weighted by Crippen LogP contribution is 2.29. The standard InChI is InChI=1S/C12H19N3O2/c1-8-10(9(2)17-14-8)13-11(16)15-6-5-12(3,4)7-15/h5-7H2,1-4H3,(H,13,16). The summed E-state index contributed by atoms with van der Waals surface area (Å²) in [6.07, 6.45) is 1.04. The first-order valence-corrected chi connectivity index (χ1v) is 5.88. The van der Waals surface area contributed by atoms with Crippen LogP contribution in [0.3, 0.4) is 0 Å². The van der Waals surface area contributed by atoms with Gasteiger partial charge < -0.3 is 14.7 Å². The van der Waals surface area contributed by atoms with E-state index in [4.69, 9.17) is 4.52 Å². The van der Waals surface area contributed by atoms with Crippen LogP contribution in [-0.2, 0) is 0 Å². The van der Waals surface area contributed by atoms with Crippen LogP contribution in [0.15, 0.2) is 4.52 Å². The fourth-order valence-electron chi connectivity index (χ4n) is 2.13. The van der Waals surface area contributed by atoms with E-state index < -0.39 is 0 Å². The first kappa shape index (κ1) is 12.0. The van der Waals surface area contributed by atoms with Crippen molar-refractivity contribution in [2.24, 2.45) is 5.41 Å². The SMILES string of the molecule is Cc1noc(C)c1NC(=O)N1CCC(C)(C)C1. The van der Waals surface area contributed by atoms with Crippen molar-refractivity contribution in [2.45, 2.75) is 34.1 Å². The average molecular weight is 237 g/mol. The Bertz CT molecular complexity index is 417. The second-order valence-electron chi connectivity index (χ2n) is 5.47. The molecule has 0 atom stereocenters. The van der Waals surface area contributed by atoms with Crippen molar-refractivity contribution in [3.63, 3.8) is 0 Å². The first-order chi connectivity index (χ1) is 7.89.